The van der Waals surface area contributed by atoms with Gasteiger partial charge in [0.2, 0.25) is 5.76 Å². The second-order valence-corrected chi connectivity index (χ2v) is 7.04. The summed E-state index contributed by atoms with van der Waals surface area (Å²) in [7, 11) is 1.61. The van der Waals surface area contributed by atoms with Gasteiger partial charge in [0.15, 0.2) is 11.5 Å². The van der Waals surface area contributed by atoms with Crippen LogP contribution in [0.15, 0.2) is 46.3 Å². The average molecular weight is 386 g/mol. The Morgan fingerprint density at radius 1 is 1.26 bits per heavy atom. The van der Waals surface area contributed by atoms with Gasteiger partial charge in [0.1, 0.15) is 6.61 Å². The number of amides is 1. The van der Waals surface area contributed by atoms with E-state index in [1.54, 1.807) is 36.3 Å². The van der Waals surface area contributed by atoms with Gasteiger partial charge in [-0.15, -0.1) is 11.3 Å². The largest absolute Gasteiger partial charge is 0.493 e. The van der Waals surface area contributed by atoms with Gasteiger partial charge in [-0.3, -0.25) is 4.79 Å². The second-order valence-electron chi connectivity index (χ2n) is 6.01. The Labute approximate surface area is 162 Å². The number of methoxy groups -OCH3 is 1. The molecular weight excluding hydrogens is 364 g/mol. The molecule has 0 atom stereocenters. The Morgan fingerprint density at radius 3 is 2.74 bits per heavy atom. The molecule has 0 unspecified atom stereocenters. The van der Waals surface area contributed by atoms with Crippen molar-refractivity contribution in [2.45, 2.75) is 27.0 Å². The molecule has 1 aromatic carbocycles. The van der Waals surface area contributed by atoms with Crippen LogP contribution in [-0.4, -0.2) is 29.6 Å². The predicted molar refractivity (Wildman–Crippen MR) is 103 cm³/mol. The number of ether oxygens (including phenoxy) is 2. The number of benzene rings is 1. The van der Waals surface area contributed by atoms with Crippen molar-refractivity contribution in [3.63, 3.8) is 0 Å². The first-order valence-electron chi connectivity index (χ1n) is 8.65. The number of carbonyl (C=O) groups excluding carboxylic acids is 1. The van der Waals surface area contributed by atoms with Crippen LogP contribution in [0, 0.1) is 6.92 Å². The standard InChI is InChI=1S/C20H22N2O4S/c1-4-22(20(23)19-10-14(2)21-26-19)12-15-7-8-17(18(11-15)24-3)25-13-16-6-5-9-27-16/h5-11H,4,12-13H2,1-3H3. The number of thiophene rings is 1. The number of aryl methyl sites for hydroxylation is 1. The molecule has 0 saturated carbocycles. The second kappa shape index (κ2) is 8.73. The fraction of sp³-hybridized carbons (Fsp3) is 0.300. The van der Waals surface area contributed by atoms with Crippen LogP contribution in [0.5, 0.6) is 11.5 Å². The summed E-state index contributed by atoms with van der Waals surface area (Å²) in [6.07, 6.45) is 0. The molecule has 3 rings (SSSR count). The van der Waals surface area contributed by atoms with Gasteiger partial charge in [-0.05, 0) is 43.0 Å². The van der Waals surface area contributed by atoms with Crippen molar-refractivity contribution >= 4 is 17.2 Å². The molecule has 7 heteroatoms. The van der Waals surface area contributed by atoms with Crippen LogP contribution in [0.25, 0.3) is 0 Å². The fourth-order valence-electron chi connectivity index (χ4n) is 2.64. The highest BCUT2D eigenvalue weighted by molar-refractivity contribution is 7.09. The molecule has 0 aliphatic rings. The molecule has 0 aliphatic heterocycles. The maximum Gasteiger partial charge on any atom is 0.292 e. The van der Waals surface area contributed by atoms with E-state index in [2.05, 4.69) is 5.16 Å². The van der Waals surface area contributed by atoms with Crippen molar-refractivity contribution in [2.75, 3.05) is 13.7 Å². The molecule has 0 spiro atoms. The maximum absolute atomic E-state index is 12.6. The number of hydrogen-bond acceptors (Lipinski definition) is 6. The monoisotopic (exact) mass is 386 g/mol. The summed E-state index contributed by atoms with van der Waals surface area (Å²) in [5.41, 5.74) is 1.63. The number of hydrogen-bond donors (Lipinski definition) is 0. The zero-order valence-corrected chi connectivity index (χ0v) is 16.4. The molecule has 0 radical (unpaired) electrons. The lowest BCUT2D eigenvalue weighted by molar-refractivity contribution is 0.0710. The lowest BCUT2D eigenvalue weighted by Gasteiger charge is -2.20. The molecule has 0 aliphatic carbocycles. The molecule has 0 bridgehead atoms. The summed E-state index contributed by atoms with van der Waals surface area (Å²) in [5.74, 6) is 1.38. The zero-order valence-electron chi connectivity index (χ0n) is 15.6. The van der Waals surface area contributed by atoms with Crippen LogP contribution < -0.4 is 9.47 Å². The van der Waals surface area contributed by atoms with E-state index >= 15 is 0 Å². The quantitative estimate of drug-likeness (QED) is 0.578. The predicted octanol–water partition coefficient (Wildman–Crippen LogP) is 4.29. The molecule has 6 nitrogen and oxygen atoms in total. The molecular formula is C20H22N2O4S. The maximum atomic E-state index is 12.6. The SMILES string of the molecule is CCN(Cc1ccc(OCc2cccs2)c(OC)c1)C(=O)c1cc(C)no1. The lowest BCUT2D eigenvalue weighted by Crippen LogP contribution is -2.30. The first kappa shape index (κ1) is 19.0. The van der Waals surface area contributed by atoms with E-state index in [0.29, 0.717) is 36.9 Å². The topological polar surface area (TPSA) is 64.8 Å². The van der Waals surface area contributed by atoms with Crippen LogP contribution in [-0.2, 0) is 13.2 Å². The van der Waals surface area contributed by atoms with Gasteiger partial charge >= 0.3 is 0 Å². The Kier molecular flexibility index (Phi) is 6.13. The van der Waals surface area contributed by atoms with E-state index in [9.17, 15) is 4.79 Å². The number of rotatable bonds is 8. The normalized spacial score (nSPS) is 10.6. The first-order valence-corrected chi connectivity index (χ1v) is 9.53. The minimum Gasteiger partial charge on any atom is -0.493 e. The molecule has 0 fully saturated rings. The zero-order chi connectivity index (χ0) is 19.2. The summed E-state index contributed by atoms with van der Waals surface area (Å²) < 4.78 is 16.4. The molecule has 1 amide bonds. The van der Waals surface area contributed by atoms with Gasteiger partial charge in [0.05, 0.1) is 12.8 Å². The first-order chi connectivity index (χ1) is 13.1. The van der Waals surface area contributed by atoms with Gasteiger partial charge in [0.25, 0.3) is 5.91 Å². The Hall–Kier alpha value is -2.80. The van der Waals surface area contributed by atoms with Crippen molar-refractivity contribution in [3.8, 4) is 11.5 Å². The highest BCUT2D eigenvalue weighted by Crippen LogP contribution is 2.30. The highest BCUT2D eigenvalue weighted by Gasteiger charge is 2.19. The minimum absolute atomic E-state index is 0.185. The molecule has 0 N–H and O–H groups in total. The average Bonchev–Trinajstić information content (AvgIpc) is 3.36. The Bertz CT molecular complexity index is 889. The summed E-state index contributed by atoms with van der Waals surface area (Å²) in [4.78, 5) is 15.4. The van der Waals surface area contributed by atoms with Crippen LogP contribution >= 0.6 is 11.3 Å². The lowest BCUT2D eigenvalue weighted by atomic mass is 10.1. The van der Waals surface area contributed by atoms with Crippen molar-refractivity contribution in [3.05, 3.63) is 63.7 Å². The minimum atomic E-state index is -0.185. The van der Waals surface area contributed by atoms with Crippen molar-refractivity contribution in [1.29, 1.82) is 0 Å². The van der Waals surface area contributed by atoms with E-state index in [1.807, 2.05) is 42.6 Å². The summed E-state index contributed by atoms with van der Waals surface area (Å²) in [6, 6.07) is 11.4. The Morgan fingerprint density at radius 2 is 2.11 bits per heavy atom. The number of nitrogens with zero attached hydrogens (tertiary/aromatic N) is 2. The van der Waals surface area contributed by atoms with Crippen LogP contribution in [0.3, 0.4) is 0 Å². The van der Waals surface area contributed by atoms with Crippen molar-refractivity contribution in [1.82, 2.24) is 10.1 Å². The third-order valence-electron chi connectivity index (χ3n) is 4.06. The van der Waals surface area contributed by atoms with E-state index in [4.69, 9.17) is 14.0 Å². The number of aromatic nitrogens is 1. The molecule has 2 aromatic heterocycles. The Balaban J connectivity index is 1.70. The molecule has 3 aromatic rings. The van der Waals surface area contributed by atoms with Gasteiger partial charge in [-0.2, -0.15) is 0 Å². The van der Waals surface area contributed by atoms with E-state index in [0.717, 1.165) is 10.4 Å². The van der Waals surface area contributed by atoms with Crippen LogP contribution in [0.4, 0.5) is 0 Å². The van der Waals surface area contributed by atoms with Crippen LogP contribution in [0.2, 0.25) is 0 Å². The molecule has 0 saturated heterocycles. The van der Waals surface area contributed by atoms with Gasteiger partial charge in [-0.1, -0.05) is 17.3 Å². The van der Waals surface area contributed by atoms with E-state index in [-0.39, 0.29) is 11.7 Å². The van der Waals surface area contributed by atoms with Crippen LogP contribution in [0.1, 0.15) is 33.6 Å². The molecule has 2 heterocycles. The third kappa shape index (κ3) is 4.68. The van der Waals surface area contributed by atoms with Crippen molar-refractivity contribution < 1.29 is 18.8 Å². The van der Waals surface area contributed by atoms with Crippen molar-refractivity contribution in [2.24, 2.45) is 0 Å². The van der Waals surface area contributed by atoms with E-state index in [1.165, 1.54) is 0 Å². The van der Waals surface area contributed by atoms with E-state index < -0.39 is 0 Å². The third-order valence-corrected chi connectivity index (χ3v) is 4.91. The highest BCUT2D eigenvalue weighted by atomic mass is 32.1. The summed E-state index contributed by atoms with van der Waals surface area (Å²) in [5, 5.41) is 5.80. The van der Waals surface area contributed by atoms with Gasteiger partial charge in [0, 0.05) is 24.0 Å². The molecule has 142 valence electrons. The number of carbonyl (C=O) groups is 1. The molecule has 27 heavy (non-hydrogen) atoms. The van der Waals surface area contributed by atoms with Gasteiger partial charge < -0.3 is 18.9 Å². The van der Waals surface area contributed by atoms with Gasteiger partial charge in [-0.25, -0.2) is 0 Å². The summed E-state index contributed by atoms with van der Waals surface area (Å²) >= 11 is 1.65. The fourth-order valence-corrected chi connectivity index (χ4v) is 3.26. The smallest absolute Gasteiger partial charge is 0.292 e. The summed E-state index contributed by atoms with van der Waals surface area (Å²) in [6.45, 7) is 5.21.